The summed E-state index contributed by atoms with van der Waals surface area (Å²) in [5, 5.41) is 39.6. The van der Waals surface area contributed by atoms with Crippen molar-refractivity contribution < 1.29 is 63.5 Å². The van der Waals surface area contributed by atoms with Crippen LogP contribution in [0.25, 0.3) is 18.2 Å². The van der Waals surface area contributed by atoms with Crippen molar-refractivity contribution in [1.82, 2.24) is 0 Å². The van der Waals surface area contributed by atoms with E-state index in [0.717, 1.165) is 16.7 Å². The Morgan fingerprint density at radius 1 is 0.398 bits per heavy atom. The number of phenolic OH excluding ortho intramolecular Hbond substituents is 1. The largest absolute Gasteiger partial charge is 0.508 e. The Kier molecular flexibility index (Phi) is 22.2. The zero-order chi connectivity index (χ0) is 62.6. The number of carbonyl (C=O) groups is 8. The molecule has 8 aromatic rings. The van der Waals surface area contributed by atoms with Crippen molar-refractivity contribution in [2.24, 2.45) is 5.92 Å². The summed E-state index contributed by atoms with van der Waals surface area (Å²) in [6, 6.07) is 59.3. The number of ether oxygens (including phenoxy) is 1. The lowest BCUT2D eigenvalue weighted by molar-refractivity contribution is -0.0153. The quantitative estimate of drug-likeness (QED) is 0.0206. The second kappa shape index (κ2) is 30.5. The molecule has 444 valence electrons. The van der Waals surface area contributed by atoms with Gasteiger partial charge in [-0.3, -0.25) is 33.6 Å². The molecule has 0 aliphatic heterocycles. The topological polar surface area (TPSA) is 227 Å². The van der Waals surface area contributed by atoms with Gasteiger partial charge in [-0.05, 0) is 171 Å². The van der Waals surface area contributed by atoms with Crippen molar-refractivity contribution >= 4 is 75.7 Å². The van der Waals surface area contributed by atoms with E-state index in [-0.39, 0.29) is 77.6 Å². The van der Waals surface area contributed by atoms with Gasteiger partial charge in [0.15, 0.2) is 34.7 Å². The van der Waals surface area contributed by atoms with Gasteiger partial charge in [0.25, 0.3) is 5.24 Å². The Bertz CT molecular complexity index is 3820. The number of phenols is 1. The average molecular weight is 1200 g/mol. The monoisotopic (exact) mass is 1190 g/mol. The summed E-state index contributed by atoms with van der Waals surface area (Å²) in [6.45, 7) is 0. The molecular formula is C74H63ClO13. The maximum atomic E-state index is 13.4. The first-order valence-corrected chi connectivity index (χ1v) is 28.9. The lowest BCUT2D eigenvalue weighted by Crippen LogP contribution is -2.43. The maximum absolute atomic E-state index is 13.4. The Balaban J connectivity index is 0.000000224. The molecule has 0 aromatic heterocycles. The second-order valence-corrected chi connectivity index (χ2v) is 21.7. The number of allylic oxidation sites excluding steroid dienone is 3. The fraction of sp³-hybridized carbons (Fsp3) is 0.162. The highest BCUT2D eigenvalue weighted by Crippen LogP contribution is 2.37. The summed E-state index contributed by atoms with van der Waals surface area (Å²) >= 11 is 5.35. The minimum Gasteiger partial charge on any atom is -0.508 e. The molecule has 0 bridgehead atoms. The second-order valence-electron chi connectivity index (χ2n) is 21.4. The van der Waals surface area contributed by atoms with Gasteiger partial charge in [0.05, 0.1) is 11.7 Å². The number of aliphatic hydroxyl groups excluding tert-OH is 1. The Morgan fingerprint density at radius 3 is 1.10 bits per heavy atom. The molecule has 0 unspecified atom stereocenters. The first-order chi connectivity index (χ1) is 42.4. The van der Waals surface area contributed by atoms with Gasteiger partial charge in [-0.15, -0.1) is 0 Å². The molecule has 14 heteroatoms. The van der Waals surface area contributed by atoms with Crippen LogP contribution in [0, 0.1) is 5.92 Å². The third kappa shape index (κ3) is 17.8. The molecule has 0 radical (unpaired) electrons. The van der Waals surface area contributed by atoms with E-state index in [4.69, 9.17) is 21.4 Å². The van der Waals surface area contributed by atoms with Gasteiger partial charge < -0.3 is 25.2 Å². The Hall–Kier alpha value is -9.89. The maximum Gasteiger partial charge on any atom is 0.343 e. The number of carbonyl (C=O) groups excluding carboxylic acids is 8. The molecular weight excluding hydrogens is 1130 g/mol. The number of hydrogen-bond acceptors (Lipinski definition) is 13. The van der Waals surface area contributed by atoms with E-state index in [1.807, 2.05) is 42.5 Å². The van der Waals surface area contributed by atoms with Crippen LogP contribution in [-0.2, 0) is 0 Å². The van der Waals surface area contributed by atoms with Crippen LogP contribution < -0.4 is 4.74 Å². The molecule has 2 aliphatic carbocycles. The predicted octanol–water partition coefficient (Wildman–Crippen LogP) is 13.9. The van der Waals surface area contributed by atoms with Crippen LogP contribution in [-0.4, -0.2) is 83.6 Å². The van der Waals surface area contributed by atoms with Crippen LogP contribution in [0.5, 0.6) is 11.5 Å². The van der Waals surface area contributed by atoms with Crippen LogP contribution in [0.3, 0.4) is 0 Å². The van der Waals surface area contributed by atoms with E-state index in [2.05, 4.69) is 0 Å². The molecule has 2 fully saturated rings. The number of rotatable bonds is 18. The van der Waals surface area contributed by atoms with Gasteiger partial charge in [-0.2, -0.15) is 0 Å². The third-order valence-corrected chi connectivity index (χ3v) is 15.4. The number of benzene rings is 8. The molecule has 10 rings (SSSR count). The summed E-state index contributed by atoms with van der Waals surface area (Å²) in [6.07, 6.45) is 11.6. The van der Waals surface area contributed by atoms with E-state index < -0.39 is 34.3 Å². The first kappa shape index (κ1) is 64.1. The fourth-order valence-corrected chi connectivity index (χ4v) is 10.1. The molecule has 4 N–H and O–H groups in total. The van der Waals surface area contributed by atoms with Crippen LogP contribution in [0.15, 0.2) is 231 Å². The number of aliphatic hydroxyl groups is 3. The van der Waals surface area contributed by atoms with Crippen molar-refractivity contribution in [3.63, 3.8) is 0 Å². The summed E-state index contributed by atoms with van der Waals surface area (Å²) < 4.78 is 5.49. The van der Waals surface area contributed by atoms with E-state index in [9.17, 15) is 53.7 Å². The minimum atomic E-state index is -1.60. The van der Waals surface area contributed by atoms with E-state index >= 15 is 0 Å². The third-order valence-electron chi connectivity index (χ3n) is 15.2. The summed E-state index contributed by atoms with van der Waals surface area (Å²) in [7, 11) is 0. The van der Waals surface area contributed by atoms with Crippen molar-refractivity contribution in [2.75, 3.05) is 0 Å². The zero-order valence-electron chi connectivity index (χ0n) is 47.8. The number of Topliss-reactive ketones (excluding diaryl/α,β-unsaturated/α-hetero) is 3. The molecule has 2 aliphatic rings. The van der Waals surface area contributed by atoms with E-state index in [1.54, 1.807) is 140 Å². The standard InChI is InChI=1S/C45H36O7.C16H11ClO2.C13H16O4/c46-40(33-7-3-1-4-8-33)25-15-31-11-17-35(18-12-31)42(48)36-27-29-45(51,30-28-36)43(49)37-21-23-39(24-22-37)52-44(50)38-19-13-32(14-20-38)16-26-41(47)34-9-5-2-6-10-34;17-16(19)14-9-6-12(7-10-14)8-11-15(18)13-4-2-1-3-5-13;14-10-3-1-9(2-4-10)12(16)13(17)7-5-11(15)6-8-13/h1-26,36,51H,27-30H2;1-11H;1-4,11,14-15,17H,5-8H2/b25-15+,26-16+;11-8+;. The average Bonchev–Trinajstić information content (AvgIpc) is 1.80. The van der Waals surface area contributed by atoms with Crippen LogP contribution in [0.4, 0.5) is 0 Å². The lowest BCUT2D eigenvalue weighted by Gasteiger charge is -2.34. The number of halogens is 1. The molecule has 0 saturated heterocycles. The minimum absolute atomic E-state index is 0.0409. The van der Waals surface area contributed by atoms with Gasteiger partial charge in [-0.1, -0.05) is 158 Å². The number of hydrogen-bond donors (Lipinski definition) is 4. The normalized spacial score (nSPS) is 18.0. The zero-order valence-corrected chi connectivity index (χ0v) is 48.6. The predicted molar refractivity (Wildman–Crippen MR) is 338 cm³/mol. The summed E-state index contributed by atoms with van der Waals surface area (Å²) in [5.74, 6) is -1.67. The molecule has 0 heterocycles. The molecule has 8 aromatic carbocycles. The Labute approximate surface area is 514 Å². The van der Waals surface area contributed by atoms with Crippen LogP contribution >= 0.6 is 11.6 Å². The summed E-state index contributed by atoms with van der Waals surface area (Å²) in [4.78, 5) is 98.9. The van der Waals surface area contributed by atoms with Gasteiger partial charge in [-0.25, -0.2) is 4.79 Å². The van der Waals surface area contributed by atoms with Gasteiger partial charge >= 0.3 is 5.97 Å². The SMILES string of the molecule is O=C(/C=C/c1ccc(C(=O)Oc2ccc(C(=O)C3(O)CCC(C(=O)c4ccc(/C=C/C(=O)c5ccccc5)cc4)CC3)cc2)cc1)c1ccccc1.O=C(Cl)c1ccc(/C=C/C(=O)c2ccccc2)cc1.O=C(c1ccc(O)cc1)C1(O)CCC(O)CC1. The number of aromatic hydroxyl groups is 1. The fourth-order valence-electron chi connectivity index (χ4n) is 9.94. The number of ketones is 6. The van der Waals surface area contributed by atoms with E-state index in [1.165, 1.54) is 66.8 Å². The van der Waals surface area contributed by atoms with Crippen LogP contribution in [0.1, 0.15) is 151 Å². The molecule has 0 amide bonds. The highest BCUT2D eigenvalue weighted by atomic mass is 35.5. The lowest BCUT2D eigenvalue weighted by atomic mass is 9.73. The molecule has 0 spiro atoms. The molecule has 13 nitrogen and oxygen atoms in total. The molecule has 88 heavy (non-hydrogen) atoms. The molecule has 0 atom stereocenters. The van der Waals surface area contributed by atoms with Crippen molar-refractivity contribution in [3.05, 3.63) is 292 Å². The van der Waals surface area contributed by atoms with E-state index in [0.29, 0.717) is 64.6 Å². The number of esters is 1. The van der Waals surface area contributed by atoms with Crippen molar-refractivity contribution in [3.8, 4) is 11.5 Å². The highest BCUT2D eigenvalue weighted by molar-refractivity contribution is 6.67. The van der Waals surface area contributed by atoms with Gasteiger partial charge in [0.2, 0.25) is 0 Å². The molecule has 2 saturated carbocycles. The summed E-state index contributed by atoms with van der Waals surface area (Å²) in [5.41, 5.74) is 3.21. The van der Waals surface area contributed by atoms with Crippen LogP contribution in [0.2, 0.25) is 0 Å². The smallest absolute Gasteiger partial charge is 0.343 e. The van der Waals surface area contributed by atoms with Crippen molar-refractivity contribution in [2.45, 2.75) is 68.7 Å². The highest BCUT2D eigenvalue weighted by Gasteiger charge is 2.42. The van der Waals surface area contributed by atoms with Gasteiger partial charge in [0.1, 0.15) is 22.7 Å². The Morgan fingerprint density at radius 2 is 0.727 bits per heavy atom. The van der Waals surface area contributed by atoms with Crippen molar-refractivity contribution in [1.29, 1.82) is 0 Å². The first-order valence-electron chi connectivity index (χ1n) is 28.6. The van der Waals surface area contributed by atoms with Gasteiger partial charge in [0, 0.05) is 44.9 Å².